The molecule has 0 unspecified atom stereocenters. The molecule has 1 fully saturated rings. The summed E-state index contributed by atoms with van der Waals surface area (Å²) in [6, 6.07) is 0. The predicted molar refractivity (Wildman–Crippen MR) is 86.1 cm³/mol. The number of hydrogen-bond donors (Lipinski definition) is 0. The van der Waals surface area contributed by atoms with Crippen molar-refractivity contribution < 1.29 is 9.59 Å². The van der Waals surface area contributed by atoms with Crippen molar-refractivity contribution >= 4 is 11.7 Å². The molecule has 0 aromatic heterocycles. The molecule has 0 radical (unpaired) electrons. The summed E-state index contributed by atoms with van der Waals surface area (Å²) in [5.41, 5.74) is -0.358. The molecule has 2 atom stereocenters. The number of ketones is 1. The summed E-state index contributed by atoms with van der Waals surface area (Å²) in [4.78, 5) is 29.2. The predicted octanol–water partition coefficient (Wildman–Crippen LogP) is 2.43. The van der Waals surface area contributed by atoms with Crippen LogP contribution in [0.3, 0.4) is 0 Å². The topological polar surface area (TPSA) is 40.6 Å². The van der Waals surface area contributed by atoms with Crippen LogP contribution in [0.25, 0.3) is 0 Å². The first-order chi connectivity index (χ1) is 9.64. The van der Waals surface area contributed by atoms with Crippen molar-refractivity contribution in [3.8, 4) is 0 Å². The highest BCUT2D eigenvalue weighted by molar-refractivity contribution is 5.91. The van der Waals surface area contributed by atoms with Crippen LogP contribution < -0.4 is 0 Å². The fourth-order valence-corrected chi connectivity index (χ4v) is 3.04. The maximum absolute atomic E-state index is 12.7. The third kappa shape index (κ3) is 5.10. The van der Waals surface area contributed by atoms with E-state index < -0.39 is 0 Å². The Kier molecular flexibility index (Phi) is 6.39. The standard InChI is InChI=1S/C17H32N2O2/c1-17(2,3)15(20)13-9-7-8-10-14(13)16(21)19(6)12-11-18(4)5/h13-14H,7-12H2,1-6H3/t13-,14+/m1/s1. The van der Waals surface area contributed by atoms with Gasteiger partial charge < -0.3 is 9.80 Å². The number of nitrogens with zero attached hydrogens (tertiary/aromatic N) is 2. The lowest BCUT2D eigenvalue weighted by Crippen LogP contribution is -2.45. The molecule has 0 aromatic rings. The van der Waals surface area contributed by atoms with E-state index in [4.69, 9.17) is 0 Å². The van der Waals surface area contributed by atoms with E-state index in [2.05, 4.69) is 4.90 Å². The van der Waals surface area contributed by atoms with Gasteiger partial charge in [-0.15, -0.1) is 0 Å². The van der Waals surface area contributed by atoms with Crippen LogP contribution in [0.2, 0.25) is 0 Å². The molecule has 1 saturated carbocycles. The third-order valence-electron chi connectivity index (χ3n) is 4.42. The largest absolute Gasteiger partial charge is 0.344 e. The average molecular weight is 296 g/mol. The van der Waals surface area contributed by atoms with Crippen molar-refractivity contribution in [2.75, 3.05) is 34.2 Å². The van der Waals surface area contributed by atoms with E-state index in [-0.39, 0.29) is 28.9 Å². The van der Waals surface area contributed by atoms with E-state index in [1.807, 2.05) is 41.9 Å². The van der Waals surface area contributed by atoms with Crippen LogP contribution in [0.4, 0.5) is 0 Å². The molecular weight excluding hydrogens is 264 g/mol. The fourth-order valence-electron chi connectivity index (χ4n) is 3.04. The normalized spacial score (nSPS) is 23.2. The summed E-state index contributed by atoms with van der Waals surface area (Å²) >= 11 is 0. The Morgan fingerprint density at radius 1 is 0.952 bits per heavy atom. The second-order valence-electron chi connectivity index (χ2n) is 7.67. The van der Waals surface area contributed by atoms with Gasteiger partial charge in [-0.05, 0) is 26.9 Å². The molecule has 1 amide bonds. The van der Waals surface area contributed by atoms with Gasteiger partial charge in [-0.2, -0.15) is 0 Å². The van der Waals surface area contributed by atoms with Crippen molar-refractivity contribution in [2.45, 2.75) is 46.5 Å². The Morgan fingerprint density at radius 2 is 1.48 bits per heavy atom. The van der Waals surface area contributed by atoms with Gasteiger partial charge in [0.05, 0.1) is 0 Å². The summed E-state index contributed by atoms with van der Waals surface area (Å²) in [5, 5.41) is 0. The molecule has 122 valence electrons. The van der Waals surface area contributed by atoms with E-state index in [1.54, 1.807) is 4.90 Å². The number of amides is 1. The van der Waals surface area contributed by atoms with Gasteiger partial charge in [0.1, 0.15) is 5.78 Å². The van der Waals surface area contributed by atoms with E-state index in [9.17, 15) is 9.59 Å². The highest BCUT2D eigenvalue weighted by atomic mass is 16.2. The zero-order valence-corrected chi connectivity index (χ0v) is 14.6. The fraction of sp³-hybridized carbons (Fsp3) is 0.882. The molecule has 0 spiro atoms. The molecular formula is C17H32N2O2. The minimum absolute atomic E-state index is 0.0898. The molecule has 0 saturated heterocycles. The second kappa shape index (κ2) is 7.39. The van der Waals surface area contributed by atoms with Gasteiger partial charge in [-0.25, -0.2) is 0 Å². The highest BCUT2D eigenvalue weighted by Gasteiger charge is 2.40. The van der Waals surface area contributed by atoms with Gasteiger partial charge in [0.15, 0.2) is 0 Å². The summed E-state index contributed by atoms with van der Waals surface area (Å²) in [7, 11) is 5.87. The Hall–Kier alpha value is -0.900. The van der Waals surface area contributed by atoms with Crippen LogP contribution in [0.1, 0.15) is 46.5 Å². The molecule has 0 heterocycles. The van der Waals surface area contributed by atoms with Crippen molar-refractivity contribution in [1.29, 1.82) is 0 Å². The molecule has 1 aliphatic carbocycles. The summed E-state index contributed by atoms with van der Waals surface area (Å²) < 4.78 is 0. The molecule has 4 nitrogen and oxygen atoms in total. The van der Waals surface area contributed by atoms with E-state index in [0.717, 1.165) is 38.8 Å². The zero-order chi connectivity index (χ0) is 16.2. The Bertz CT molecular complexity index is 371. The van der Waals surface area contributed by atoms with Gasteiger partial charge >= 0.3 is 0 Å². The first-order valence-electron chi connectivity index (χ1n) is 8.08. The van der Waals surface area contributed by atoms with Crippen molar-refractivity contribution in [1.82, 2.24) is 9.80 Å². The number of carbonyl (C=O) groups excluding carboxylic acids is 2. The Balaban J connectivity index is 2.76. The highest BCUT2D eigenvalue weighted by Crippen LogP contribution is 2.36. The van der Waals surface area contributed by atoms with E-state index >= 15 is 0 Å². The van der Waals surface area contributed by atoms with Crippen molar-refractivity contribution in [3.05, 3.63) is 0 Å². The number of likely N-dealkylation sites (N-methyl/N-ethyl adjacent to an activating group) is 2. The average Bonchev–Trinajstić information content (AvgIpc) is 2.42. The molecule has 4 heteroatoms. The Morgan fingerprint density at radius 3 is 1.95 bits per heavy atom. The molecule has 0 aromatic carbocycles. The van der Waals surface area contributed by atoms with Crippen molar-refractivity contribution in [2.24, 2.45) is 17.3 Å². The monoisotopic (exact) mass is 296 g/mol. The third-order valence-corrected chi connectivity index (χ3v) is 4.42. The minimum atomic E-state index is -0.358. The lowest BCUT2D eigenvalue weighted by molar-refractivity contribution is -0.144. The van der Waals surface area contributed by atoms with Gasteiger partial charge in [-0.3, -0.25) is 9.59 Å². The lowest BCUT2D eigenvalue weighted by atomic mass is 9.70. The SMILES string of the molecule is CN(C)CCN(C)C(=O)[C@H]1CCCC[C@H]1C(=O)C(C)(C)C. The number of hydrogen-bond acceptors (Lipinski definition) is 3. The second-order valence-corrected chi connectivity index (χ2v) is 7.67. The van der Waals surface area contributed by atoms with Gasteiger partial charge in [0.2, 0.25) is 5.91 Å². The first kappa shape index (κ1) is 18.1. The quantitative estimate of drug-likeness (QED) is 0.782. The van der Waals surface area contributed by atoms with Crippen LogP contribution in [0.5, 0.6) is 0 Å². The van der Waals surface area contributed by atoms with Crippen LogP contribution in [0.15, 0.2) is 0 Å². The lowest BCUT2D eigenvalue weighted by Gasteiger charge is -2.35. The molecule has 0 aliphatic heterocycles. The number of Topliss-reactive ketones (excluding diaryl/α,β-unsaturated/α-hetero) is 1. The summed E-state index contributed by atoms with van der Waals surface area (Å²) in [6.45, 7) is 7.45. The van der Waals surface area contributed by atoms with Crippen LogP contribution in [-0.2, 0) is 9.59 Å². The van der Waals surface area contributed by atoms with E-state index in [1.165, 1.54) is 0 Å². The summed E-state index contributed by atoms with van der Waals surface area (Å²) in [5.74, 6) is 0.200. The smallest absolute Gasteiger partial charge is 0.226 e. The zero-order valence-electron chi connectivity index (χ0n) is 14.6. The van der Waals surface area contributed by atoms with E-state index in [0.29, 0.717) is 0 Å². The van der Waals surface area contributed by atoms with Crippen LogP contribution in [0, 0.1) is 17.3 Å². The number of carbonyl (C=O) groups is 2. The van der Waals surface area contributed by atoms with Gasteiger partial charge in [0.25, 0.3) is 0 Å². The minimum Gasteiger partial charge on any atom is -0.344 e. The number of rotatable bonds is 5. The molecule has 0 bridgehead atoms. The maximum Gasteiger partial charge on any atom is 0.226 e. The van der Waals surface area contributed by atoms with Crippen molar-refractivity contribution in [3.63, 3.8) is 0 Å². The maximum atomic E-state index is 12.7. The molecule has 21 heavy (non-hydrogen) atoms. The molecule has 0 N–H and O–H groups in total. The van der Waals surface area contributed by atoms with Gasteiger partial charge in [0, 0.05) is 37.4 Å². The molecule has 1 aliphatic rings. The van der Waals surface area contributed by atoms with Gasteiger partial charge in [-0.1, -0.05) is 33.6 Å². The first-order valence-corrected chi connectivity index (χ1v) is 8.08. The molecule has 1 rings (SSSR count). The van der Waals surface area contributed by atoms with Crippen LogP contribution in [-0.4, -0.2) is 55.7 Å². The Labute approximate surface area is 129 Å². The van der Waals surface area contributed by atoms with Crippen LogP contribution >= 0.6 is 0 Å². The summed E-state index contributed by atoms with van der Waals surface area (Å²) in [6.07, 6.45) is 3.86.